The predicted octanol–water partition coefficient (Wildman–Crippen LogP) is 11.7. The summed E-state index contributed by atoms with van der Waals surface area (Å²) >= 11 is 3.44. The summed E-state index contributed by atoms with van der Waals surface area (Å²) in [5.41, 5.74) is 6.36. The standard InChI is InChI=1S/C36H35NO2.C11H9Br/c1-3-10-28(11-4-1)24-37-21-20-35(33-16-9-17-34(23-33)38-26-29-12-5-2-6-13-29)36(25-37)39-27-30-18-19-31-14-7-8-15-32(31)22-30;12-8-9-5-6-10-3-1-2-4-11(10)7-9/h1-19,22-23,35-36H,20-21,24-27H2;1-7H,8H2. The molecule has 7 aromatic carbocycles. The van der Waals surface area contributed by atoms with E-state index in [-0.39, 0.29) is 6.10 Å². The second kappa shape index (κ2) is 17.5. The van der Waals surface area contributed by atoms with Crippen molar-refractivity contribution in [2.45, 2.75) is 43.5 Å². The van der Waals surface area contributed by atoms with Gasteiger partial charge in [0.15, 0.2) is 0 Å². The Labute approximate surface area is 310 Å². The zero-order chi connectivity index (χ0) is 34.7. The molecule has 4 heteroatoms. The van der Waals surface area contributed by atoms with Crippen LogP contribution in [0, 0.1) is 0 Å². The second-order valence-electron chi connectivity index (χ2n) is 13.3. The van der Waals surface area contributed by atoms with Gasteiger partial charge in [0.1, 0.15) is 12.4 Å². The van der Waals surface area contributed by atoms with Gasteiger partial charge in [-0.1, -0.05) is 168 Å². The Balaban J connectivity index is 0.000000285. The molecule has 51 heavy (non-hydrogen) atoms. The highest BCUT2D eigenvalue weighted by Gasteiger charge is 2.31. The number of benzene rings is 7. The third-order valence-corrected chi connectivity index (χ3v) is 10.3. The number of alkyl halides is 1. The number of rotatable bonds is 10. The number of halogens is 1. The van der Waals surface area contributed by atoms with Crippen LogP contribution in [0.1, 0.15) is 40.2 Å². The fourth-order valence-corrected chi connectivity index (χ4v) is 7.29. The first-order chi connectivity index (χ1) is 25.2. The van der Waals surface area contributed by atoms with E-state index in [2.05, 4.69) is 185 Å². The maximum atomic E-state index is 6.74. The van der Waals surface area contributed by atoms with Gasteiger partial charge in [-0.3, -0.25) is 4.90 Å². The topological polar surface area (TPSA) is 21.7 Å². The summed E-state index contributed by atoms with van der Waals surface area (Å²) < 4.78 is 12.9. The van der Waals surface area contributed by atoms with Crippen molar-refractivity contribution in [3.63, 3.8) is 0 Å². The first-order valence-corrected chi connectivity index (χ1v) is 19.0. The number of hydrogen-bond donors (Lipinski definition) is 0. The first kappa shape index (κ1) is 34.7. The molecule has 0 aliphatic carbocycles. The van der Waals surface area contributed by atoms with E-state index in [1.54, 1.807) is 0 Å². The van der Waals surface area contributed by atoms with Crippen molar-refractivity contribution in [1.82, 2.24) is 4.90 Å². The van der Waals surface area contributed by atoms with E-state index >= 15 is 0 Å². The Hall–Kier alpha value is -4.74. The van der Waals surface area contributed by atoms with Gasteiger partial charge in [-0.2, -0.15) is 0 Å². The molecule has 8 rings (SSSR count). The SMILES string of the molecule is BrCc1ccc2ccccc2c1.c1ccc(COc2cccc(C3CCN(Cc4ccccc4)CC3OCc3ccc4ccccc4c3)c2)cc1. The van der Waals surface area contributed by atoms with E-state index in [1.165, 1.54) is 49.4 Å². The maximum Gasteiger partial charge on any atom is 0.120 e. The van der Waals surface area contributed by atoms with E-state index in [4.69, 9.17) is 9.47 Å². The summed E-state index contributed by atoms with van der Waals surface area (Å²) in [5.74, 6) is 1.23. The quantitative estimate of drug-likeness (QED) is 0.131. The fourth-order valence-electron chi connectivity index (χ4n) is 6.95. The minimum absolute atomic E-state index is 0.0957. The highest BCUT2D eigenvalue weighted by Crippen LogP contribution is 2.34. The average Bonchev–Trinajstić information content (AvgIpc) is 3.20. The van der Waals surface area contributed by atoms with Crippen LogP contribution >= 0.6 is 15.9 Å². The van der Waals surface area contributed by atoms with Crippen molar-refractivity contribution in [3.05, 3.63) is 198 Å². The van der Waals surface area contributed by atoms with Crippen LogP contribution in [0.15, 0.2) is 170 Å². The number of fused-ring (bicyclic) bond motifs is 2. The lowest BCUT2D eigenvalue weighted by molar-refractivity contribution is -0.0264. The summed E-state index contributed by atoms with van der Waals surface area (Å²) in [6, 6.07) is 59.8. The molecule has 2 atom stereocenters. The first-order valence-electron chi connectivity index (χ1n) is 17.9. The van der Waals surface area contributed by atoms with E-state index in [1.807, 2.05) is 6.07 Å². The molecule has 1 aliphatic rings. The Morgan fingerprint density at radius 1 is 0.529 bits per heavy atom. The Morgan fingerprint density at radius 3 is 1.82 bits per heavy atom. The number of likely N-dealkylation sites (tertiary alicyclic amines) is 1. The normalized spacial score (nSPS) is 16.0. The smallest absolute Gasteiger partial charge is 0.120 e. The molecule has 7 aromatic rings. The van der Waals surface area contributed by atoms with Gasteiger partial charge in [0.25, 0.3) is 0 Å². The molecule has 1 saturated heterocycles. The van der Waals surface area contributed by atoms with Crippen molar-refractivity contribution < 1.29 is 9.47 Å². The molecule has 256 valence electrons. The molecule has 1 heterocycles. The van der Waals surface area contributed by atoms with Crippen molar-refractivity contribution in [3.8, 4) is 5.75 Å². The van der Waals surface area contributed by atoms with Crippen LogP contribution in [-0.4, -0.2) is 24.1 Å². The van der Waals surface area contributed by atoms with Gasteiger partial charge >= 0.3 is 0 Å². The summed E-state index contributed by atoms with van der Waals surface area (Å²) in [7, 11) is 0. The van der Waals surface area contributed by atoms with Crippen molar-refractivity contribution >= 4 is 37.5 Å². The van der Waals surface area contributed by atoms with Crippen LogP contribution < -0.4 is 4.74 Å². The average molecular weight is 735 g/mol. The largest absolute Gasteiger partial charge is 0.489 e. The maximum absolute atomic E-state index is 6.74. The van der Waals surface area contributed by atoms with Crippen LogP contribution in [-0.2, 0) is 29.8 Å². The molecule has 0 aromatic heterocycles. The zero-order valence-electron chi connectivity index (χ0n) is 28.9. The van der Waals surface area contributed by atoms with E-state index in [9.17, 15) is 0 Å². The summed E-state index contributed by atoms with van der Waals surface area (Å²) in [5, 5.41) is 6.07. The highest BCUT2D eigenvalue weighted by molar-refractivity contribution is 9.08. The Morgan fingerprint density at radius 2 is 1.14 bits per heavy atom. The number of nitrogens with zero attached hydrogens (tertiary/aromatic N) is 1. The van der Waals surface area contributed by atoms with Crippen LogP contribution in [0.3, 0.4) is 0 Å². The van der Waals surface area contributed by atoms with Crippen LogP contribution in [0.4, 0.5) is 0 Å². The summed E-state index contributed by atoms with van der Waals surface area (Å²) in [4.78, 5) is 2.53. The molecule has 1 fully saturated rings. The van der Waals surface area contributed by atoms with Gasteiger partial charge in [-0.05, 0) is 80.5 Å². The molecule has 3 nitrogen and oxygen atoms in total. The van der Waals surface area contributed by atoms with Gasteiger partial charge in [0, 0.05) is 24.3 Å². The lowest BCUT2D eigenvalue weighted by Gasteiger charge is -2.39. The molecule has 0 bridgehead atoms. The van der Waals surface area contributed by atoms with Gasteiger partial charge in [-0.25, -0.2) is 0 Å². The van der Waals surface area contributed by atoms with Crippen LogP contribution in [0.25, 0.3) is 21.5 Å². The minimum Gasteiger partial charge on any atom is -0.489 e. The van der Waals surface area contributed by atoms with Gasteiger partial charge in [-0.15, -0.1) is 0 Å². The van der Waals surface area contributed by atoms with E-state index in [0.29, 0.717) is 19.1 Å². The minimum atomic E-state index is 0.0957. The third kappa shape index (κ3) is 9.53. The monoisotopic (exact) mass is 733 g/mol. The number of ether oxygens (including phenoxy) is 2. The van der Waals surface area contributed by atoms with Gasteiger partial charge < -0.3 is 9.47 Å². The van der Waals surface area contributed by atoms with Crippen molar-refractivity contribution in [1.29, 1.82) is 0 Å². The predicted molar refractivity (Wildman–Crippen MR) is 215 cm³/mol. The molecule has 0 N–H and O–H groups in total. The van der Waals surface area contributed by atoms with Crippen molar-refractivity contribution in [2.24, 2.45) is 0 Å². The van der Waals surface area contributed by atoms with Gasteiger partial charge in [0.2, 0.25) is 0 Å². The molecular formula is C47H44BrNO2. The third-order valence-electron chi connectivity index (χ3n) is 9.67. The van der Waals surface area contributed by atoms with E-state index in [0.717, 1.165) is 37.1 Å². The number of hydrogen-bond acceptors (Lipinski definition) is 3. The molecule has 0 radical (unpaired) electrons. The van der Waals surface area contributed by atoms with Crippen LogP contribution in [0.2, 0.25) is 0 Å². The highest BCUT2D eigenvalue weighted by atomic mass is 79.9. The van der Waals surface area contributed by atoms with Crippen molar-refractivity contribution in [2.75, 3.05) is 13.1 Å². The van der Waals surface area contributed by atoms with E-state index < -0.39 is 0 Å². The summed E-state index contributed by atoms with van der Waals surface area (Å²) in [6.07, 6.45) is 1.15. The lowest BCUT2D eigenvalue weighted by Crippen LogP contribution is -2.43. The van der Waals surface area contributed by atoms with Gasteiger partial charge in [0.05, 0.1) is 12.7 Å². The summed E-state index contributed by atoms with van der Waals surface area (Å²) in [6.45, 7) is 4.08. The zero-order valence-corrected chi connectivity index (χ0v) is 30.5. The molecule has 1 aliphatic heterocycles. The molecule has 0 amide bonds. The number of piperidine rings is 1. The Bertz CT molecular complexity index is 2130. The molecular weight excluding hydrogens is 690 g/mol. The van der Waals surface area contributed by atoms with Crippen LogP contribution in [0.5, 0.6) is 5.75 Å². The molecule has 0 spiro atoms. The molecule has 0 saturated carbocycles. The molecule has 2 unspecified atom stereocenters. The lowest BCUT2D eigenvalue weighted by atomic mass is 9.86. The Kier molecular flexibility index (Phi) is 11.9. The fraction of sp³-hybridized carbons (Fsp3) is 0.191. The second-order valence-corrected chi connectivity index (χ2v) is 13.9.